The van der Waals surface area contributed by atoms with E-state index in [0.29, 0.717) is 19.3 Å². The first-order valence-corrected chi connectivity index (χ1v) is 11.1. The molecular weight excluding hydrogens is 401 g/mol. The molecule has 1 aromatic heterocycles. The van der Waals surface area contributed by atoms with Crippen molar-refractivity contribution in [3.63, 3.8) is 0 Å². The molecule has 1 heterocycles. The van der Waals surface area contributed by atoms with E-state index >= 15 is 0 Å². The second kappa shape index (κ2) is 6.81. The number of allylic oxidation sites excluding steroid dienone is 2. The fraction of sp³-hybridized carbons (Fsp3) is 0.520. The summed E-state index contributed by atoms with van der Waals surface area (Å²) in [5.41, 5.74) is 5.51. The molecule has 0 radical (unpaired) electrons. The molecule has 0 aliphatic heterocycles. The molecule has 6 rings (SSSR count). The SMILES string of the molecule is CC1(C)CC(=O)C2=C(Cc3[nH]ncc3C23CCc2c(F)cccc23)C1.FC1(F)CCC1. The lowest BCUT2D eigenvalue weighted by Crippen LogP contribution is -2.41. The highest BCUT2D eigenvalue weighted by Gasteiger charge is 2.53. The Morgan fingerprint density at radius 3 is 2.48 bits per heavy atom. The lowest BCUT2D eigenvalue weighted by atomic mass is 9.58. The number of hydrogen-bond acceptors (Lipinski definition) is 2. The third-order valence-electron chi connectivity index (χ3n) is 7.37. The first-order chi connectivity index (χ1) is 14.6. The molecule has 4 aliphatic rings. The number of H-pyrrole nitrogens is 1. The van der Waals surface area contributed by atoms with Crippen molar-refractivity contribution in [2.75, 3.05) is 0 Å². The fourth-order valence-corrected chi connectivity index (χ4v) is 5.95. The highest BCUT2D eigenvalue weighted by molar-refractivity contribution is 6.02. The van der Waals surface area contributed by atoms with Crippen LogP contribution in [-0.4, -0.2) is 21.9 Å². The number of hydrogen-bond donors (Lipinski definition) is 1. The molecule has 0 bridgehead atoms. The van der Waals surface area contributed by atoms with Crippen LogP contribution in [0.1, 0.15) is 74.8 Å². The van der Waals surface area contributed by atoms with E-state index < -0.39 is 11.3 Å². The van der Waals surface area contributed by atoms with Crippen LogP contribution in [0, 0.1) is 11.2 Å². The molecule has 1 aromatic carbocycles. The second-order valence-corrected chi connectivity index (χ2v) is 10.2. The Labute approximate surface area is 180 Å². The lowest BCUT2D eigenvalue weighted by Gasteiger charge is -2.43. The second-order valence-electron chi connectivity index (χ2n) is 10.2. The number of ketones is 1. The molecule has 3 nitrogen and oxygen atoms in total. The van der Waals surface area contributed by atoms with Gasteiger partial charge in [-0.15, -0.1) is 0 Å². The third-order valence-corrected chi connectivity index (χ3v) is 7.37. The molecule has 1 unspecified atom stereocenters. The molecule has 1 atom stereocenters. The van der Waals surface area contributed by atoms with Crippen LogP contribution in [0.2, 0.25) is 0 Å². The number of halogens is 3. The van der Waals surface area contributed by atoms with Gasteiger partial charge in [0.15, 0.2) is 5.78 Å². The van der Waals surface area contributed by atoms with Crippen LogP contribution in [-0.2, 0) is 23.1 Å². The zero-order valence-electron chi connectivity index (χ0n) is 18.0. The van der Waals surface area contributed by atoms with Crippen LogP contribution in [0.5, 0.6) is 0 Å². The van der Waals surface area contributed by atoms with Crippen LogP contribution in [0.25, 0.3) is 0 Å². The molecule has 0 saturated heterocycles. The summed E-state index contributed by atoms with van der Waals surface area (Å²) in [6.07, 6.45) is 6.45. The number of carbonyl (C=O) groups is 1. The van der Waals surface area contributed by atoms with Gasteiger partial charge in [0.05, 0.1) is 11.6 Å². The van der Waals surface area contributed by atoms with Crippen LogP contribution in [0.3, 0.4) is 0 Å². The number of Topliss-reactive ketones (excluding diaryl/α,β-unsaturated/α-hetero) is 1. The first-order valence-electron chi connectivity index (χ1n) is 11.1. The van der Waals surface area contributed by atoms with Gasteiger partial charge in [0.25, 0.3) is 0 Å². The molecule has 1 N–H and O–H groups in total. The van der Waals surface area contributed by atoms with Crippen molar-refractivity contribution in [3.05, 3.63) is 63.7 Å². The van der Waals surface area contributed by atoms with E-state index in [1.54, 1.807) is 6.07 Å². The van der Waals surface area contributed by atoms with E-state index in [0.717, 1.165) is 47.2 Å². The van der Waals surface area contributed by atoms with Gasteiger partial charge in [-0.2, -0.15) is 5.10 Å². The van der Waals surface area contributed by atoms with Crippen molar-refractivity contribution >= 4 is 5.78 Å². The minimum Gasteiger partial charge on any atom is -0.294 e. The molecular formula is C25H27F3N2O. The van der Waals surface area contributed by atoms with E-state index in [9.17, 15) is 18.0 Å². The number of fused-ring (bicyclic) bond motifs is 5. The average Bonchev–Trinajstić information content (AvgIpc) is 3.27. The van der Waals surface area contributed by atoms with Gasteiger partial charge in [-0.3, -0.25) is 9.89 Å². The number of nitrogens with zero attached hydrogens (tertiary/aromatic N) is 1. The summed E-state index contributed by atoms with van der Waals surface area (Å²) in [7, 11) is 0. The number of aromatic amines is 1. The number of aromatic nitrogens is 2. The van der Waals surface area contributed by atoms with Crippen molar-refractivity contribution in [3.8, 4) is 0 Å². The van der Waals surface area contributed by atoms with Crippen molar-refractivity contribution in [2.45, 2.75) is 76.6 Å². The van der Waals surface area contributed by atoms with Gasteiger partial charge < -0.3 is 0 Å². The number of alkyl halides is 2. The highest BCUT2D eigenvalue weighted by atomic mass is 19.3. The predicted molar refractivity (Wildman–Crippen MR) is 112 cm³/mol. The van der Waals surface area contributed by atoms with E-state index in [-0.39, 0.29) is 29.9 Å². The Morgan fingerprint density at radius 1 is 1.06 bits per heavy atom. The number of carbonyl (C=O) groups excluding carboxylic acids is 1. The maximum absolute atomic E-state index is 14.5. The van der Waals surface area contributed by atoms with Gasteiger partial charge in [-0.1, -0.05) is 31.6 Å². The first kappa shape index (κ1) is 20.5. The van der Waals surface area contributed by atoms with Crippen molar-refractivity contribution in [1.82, 2.24) is 10.2 Å². The Morgan fingerprint density at radius 2 is 1.81 bits per heavy atom. The normalized spacial score (nSPS) is 27.1. The highest BCUT2D eigenvalue weighted by Crippen LogP contribution is 2.57. The van der Waals surface area contributed by atoms with Gasteiger partial charge >= 0.3 is 0 Å². The van der Waals surface area contributed by atoms with Gasteiger partial charge in [-0.25, -0.2) is 13.2 Å². The van der Waals surface area contributed by atoms with Crippen molar-refractivity contribution in [1.29, 1.82) is 0 Å². The Bertz CT molecular complexity index is 1090. The lowest BCUT2D eigenvalue weighted by molar-refractivity contribution is -0.118. The fourth-order valence-electron chi connectivity index (χ4n) is 5.95. The Hall–Kier alpha value is -2.37. The summed E-state index contributed by atoms with van der Waals surface area (Å²) in [6.45, 7) is 4.32. The average molecular weight is 428 g/mol. The largest absolute Gasteiger partial charge is 0.294 e. The quantitative estimate of drug-likeness (QED) is 0.574. The van der Waals surface area contributed by atoms with E-state index in [2.05, 4.69) is 24.0 Å². The third kappa shape index (κ3) is 3.17. The molecule has 4 aliphatic carbocycles. The summed E-state index contributed by atoms with van der Waals surface area (Å²) >= 11 is 0. The van der Waals surface area contributed by atoms with Crippen molar-refractivity contribution < 1.29 is 18.0 Å². The van der Waals surface area contributed by atoms with E-state index in [4.69, 9.17) is 0 Å². The minimum absolute atomic E-state index is 0.0159. The summed E-state index contributed by atoms with van der Waals surface area (Å²) in [5, 5.41) is 7.42. The smallest absolute Gasteiger partial charge is 0.248 e. The number of nitrogens with one attached hydrogen (secondary N) is 1. The minimum atomic E-state index is -2.28. The zero-order chi connectivity index (χ0) is 22.0. The number of benzene rings is 1. The topological polar surface area (TPSA) is 45.8 Å². The maximum Gasteiger partial charge on any atom is 0.248 e. The van der Waals surface area contributed by atoms with Crippen molar-refractivity contribution in [2.24, 2.45) is 5.41 Å². The van der Waals surface area contributed by atoms with Crippen LogP contribution < -0.4 is 0 Å². The zero-order valence-corrected chi connectivity index (χ0v) is 18.0. The monoisotopic (exact) mass is 428 g/mol. The van der Waals surface area contributed by atoms with Crippen LogP contribution in [0.4, 0.5) is 13.2 Å². The van der Waals surface area contributed by atoms with Crippen LogP contribution in [0.15, 0.2) is 35.5 Å². The summed E-state index contributed by atoms with van der Waals surface area (Å²) in [6, 6.07) is 5.30. The summed E-state index contributed by atoms with van der Waals surface area (Å²) in [5.74, 6) is -2.20. The standard InChI is InChI=1S/C21H21FN2O.C4H6F2/c1-20(2)9-12-8-17-15(11-23-24-17)21(19(12)18(25)10-20)7-6-13-14(21)4-3-5-16(13)22;5-4(6)2-1-3-4/h3-5,11H,6-10H2,1-2H3,(H,23,24);1-3H2. The van der Waals surface area contributed by atoms with Gasteiger partial charge in [0, 0.05) is 42.5 Å². The summed E-state index contributed by atoms with van der Waals surface area (Å²) in [4.78, 5) is 13.2. The van der Waals surface area contributed by atoms with Gasteiger partial charge in [-0.05, 0) is 48.3 Å². The molecule has 6 heteroatoms. The molecule has 2 aromatic rings. The molecule has 1 spiro atoms. The van der Waals surface area contributed by atoms with Gasteiger partial charge in [0.1, 0.15) is 5.82 Å². The Balaban J connectivity index is 0.000000296. The molecule has 31 heavy (non-hydrogen) atoms. The maximum atomic E-state index is 14.5. The van der Waals surface area contributed by atoms with E-state index in [1.165, 1.54) is 11.6 Å². The predicted octanol–water partition coefficient (Wildman–Crippen LogP) is 5.83. The van der Waals surface area contributed by atoms with E-state index in [1.807, 2.05) is 12.3 Å². The molecule has 0 amide bonds. The Kier molecular flexibility index (Phi) is 4.51. The molecule has 164 valence electrons. The number of rotatable bonds is 0. The van der Waals surface area contributed by atoms with Gasteiger partial charge in [0.2, 0.25) is 5.92 Å². The van der Waals surface area contributed by atoms with Crippen LogP contribution >= 0.6 is 0 Å². The summed E-state index contributed by atoms with van der Waals surface area (Å²) < 4.78 is 37.5. The molecule has 1 saturated carbocycles. The molecule has 1 fully saturated rings.